The molecule has 1 aliphatic rings. The van der Waals surface area contributed by atoms with Crippen molar-refractivity contribution in [2.45, 2.75) is 34.1 Å². The van der Waals surface area contributed by atoms with Crippen LogP contribution in [0.15, 0.2) is 41.4 Å². The van der Waals surface area contributed by atoms with Crippen LogP contribution in [0.3, 0.4) is 0 Å². The van der Waals surface area contributed by atoms with Crippen molar-refractivity contribution >= 4 is 17.0 Å². The minimum absolute atomic E-state index is 0.547. The molecule has 0 saturated heterocycles. The van der Waals surface area contributed by atoms with E-state index in [1.165, 1.54) is 22.4 Å². The van der Waals surface area contributed by atoms with Crippen LogP contribution >= 0.6 is 0 Å². The normalized spacial score (nSPS) is 19.2. The van der Waals surface area contributed by atoms with Gasteiger partial charge in [-0.25, -0.2) is 0 Å². The van der Waals surface area contributed by atoms with Crippen LogP contribution in [0.1, 0.15) is 38.3 Å². The van der Waals surface area contributed by atoms with Crippen LogP contribution < -0.4 is 0 Å². The van der Waals surface area contributed by atoms with Crippen molar-refractivity contribution in [3.05, 3.63) is 47.6 Å². The Bertz CT molecular complexity index is 533. The van der Waals surface area contributed by atoms with Gasteiger partial charge in [0, 0.05) is 5.71 Å². The Morgan fingerprint density at radius 2 is 2.11 bits per heavy atom. The van der Waals surface area contributed by atoms with Crippen molar-refractivity contribution in [3.63, 3.8) is 0 Å². The van der Waals surface area contributed by atoms with Gasteiger partial charge in [-0.2, -0.15) is 0 Å². The third-order valence-electron chi connectivity index (χ3n) is 3.39. The molecule has 0 bridgehead atoms. The average Bonchev–Trinajstić information content (AvgIpc) is 2.78. The highest BCUT2D eigenvalue weighted by atomic mass is 14.7. The SMILES string of the molecule is CCC(C)=Nc1cc(C2=CC(C)C=C2)ccc1C. The van der Waals surface area contributed by atoms with Crippen LogP contribution in [0, 0.1) is 12.8 Å². The number of hydrogen-bond acceptors (Lipinski definition) is 1. The zero-order valence-corrected chi connectivity index (χ0v) is 11.7. The van der Waals surface area contributed by atoms with Gasteiger partial charge in [0.15, 0.2) is 0 Å². The van der Waals surface area contributed by atoms with E-state index in [1.807, 2.05) is 0 Å². The lowest BCUT2D eigenvalue weighted by atomic mass is 10.0. The van der Waals surface area contributed by atoms with Gasteiger partial charge in [-0.1, -0.05) is 44.2 Å². The van der Waals surface area contributed by atoms with E-state index in [2.05, 4.69) is 64.1 Å². The summed E-state index contributed by atoms with van der Waals surface area (Å²) in [7, 11) is 0. The molecule has 0 spiro atoms. The predicted octanol–water partition coefficient (Wildman–Crippen LogP) is 5.09. The molecule has 0 radical (unpaired) electrons. The second-order valence-corrected chi connectivity index (χ2v) is 5.04. The molecule has 18 heavy (non-hydrogen) atoms. The lowest BCUT2D eigenvalue weighted by Gasteiger charge is -2.06. The first-order valence-corrected chi connectivity index (χ1v) is 6.65. The molecule has 1 unspecified atom stereocenters. The van der Waals surface area contributed by atoms with Crippen molar-refractivity contribution < 1.29 is 0 Å². The fourth-order valence-electron chi connectivity index (χ4n) is 2.04. The van der Waals surface area contributed by atoms with E-state index in [0.717, 1.165) is 12.1 Å². The van der Waals surface area contributed by atoms with Gasteiger partial charge in [0.25, 0.3) is 0 Å². The highest BCUT2D eigenvalue weighted by Gasteiger charge is 2.08. The van der Waals surface area contributed by atoms with E-state index in [0.29, 0.717) is 5.92 Å². The standard InChI is InChI=1S/C17H21N/c1-5-14(4)18-17-11-16(9-7-13(17)3)15-8-6-12(2)10-15/h6-12H,5H2,1-4H3. The monoisotopic (exact) mass is 239 g/mol. The van der Waals surface area contributed by atoms with Crippen molar-refractivity contribution in [2.75, 3.05) is 0 Å². The maximum Gasteiger partial charge on any atom is 0.0664 e. The van der Waals surface area contributed by atoms with Crippen LogP contribution in [-0.4, -0.2) is 5.71 Å². The summed E-state index contributed by atoms with van der Waals surface area (Å²) in [6, 6.07) is 6.54. The molecule has 1 aromatic rings. The molecule has 0 heterocycles. The molecule has 0 N–H and O–H groups in total. The summed E-state index contributed by atoms with van der Waals surface area (Å²) >= 11 is 0. The van der Waals surface area contributed by atoms with Crippen LogP contribution in [0.4, 0.5) is 5.69 Å². The van der Waals surface area contributed by atoms with Gasteiger partial charge in [-0.05, 0) is 49.0 Å². The van der Waals surface area contributed by atoms with Gasteiger partial charge in [0.05, 0.1) is 5.69 Å². The molecule has 0 fully saturated rings. The topological polar surface area (TPSA) is 12.4 Å². The van der Waals surface area contributed by atoms with Gasteiger partial charge >= 0.3 is 0 Å². The van der Waals surface area contributed by atoms with E-state index >= 15 is 0 Å². The second kappa shape index (κ2) is 5.34. The zero-order chi connectivity index (χ0) is 13.1. The zero-order valence-electron chi connectivity index (χ0n) is 11.7. The average molecular weight is 239 g/mol. The van der Waals surface area contributed by atoms with E-state index in [1.54, 1.807) is 0 Å². The quantitative estimate of drug-likeness (QED) is 0.652. The summed E-state index contributed by atoms with van der Waals surface area (Å²) in [5.74, 6) is 0.547. The summed E-state index contributed by atoms with van der Waals surface area (Å²) in [5.41, 5.74) is 6.10. The van der Waals surface area contributed by atoms with Crippen molar-refractivity contribution in [1.82, 2.24) is 0 Å². The first-order chi connectivity index (χ1) is 8.60. The Morgan fingerprint density at radius 3 is 2.72 bits per heavy atom. The van der Waals surface area contributed by atoms with Gasteiger partial charge in [-0.15, -0.1) is 0 Å². The largest absolute Gasteiger partial charge is 0.258 e. The number of rotatable bonds is 3. The molecule has 0 aromatic heterocycles. The van der Waals surface area contributed by atoms with Crippen molar-refractivity contribution in [3.8, 4) is 0 Å². The van der Waals surface area contributed by atoms with E-state index < -0.39 is 0 Å². The second-order valence-electron chi connectivity index (χ2n) is 5.04. The number of allylic oxidation sites excluding steroid dienone is 4. The Morgan fingerprint density at radius 1 is 1.33 bits per heavy atom. The fraction of sp³-hybridized carbons (Fsp3) is 0.353. The lowest BCUT2D eigenvalue weighted by Crippen LogP contribution is -1.88. The third-order valence-corrected chi connectivity index (χ3v) is 3.39. The molecule has 1 heteroatoms. The lowest BCUT2D eigenvalue weighted by molar-refractivity contribution is 0.959. The molecular weight excluding hydrogens is 218 g/mol. The number of aryl methyl sites for hydroxylation is 1. The predicted molar refractivity (Wildman–Crippen MR) is 80.5 cm³/mol. The van der Waals surface area contributed by atoms with Crippen LogP contribution in [0.25, 0.3) is 5.57 Å². The molecule has 0 saturated carbocycles. The highest BCUT2D eigenvalue weighted by molar-refractivity contribution is 5.85. The van der Waals surface area contributed by atoms with Crippen molar-refractivity contribution in [2.24, 2.45) is 10.9 Å². The maximum absolute atomic E-state index is 4.69. The van der Waals surface area contributed by atoms with Gasteiger partial charge in [0.2, 0.25) is 0 Å². The van der Waals surface area contributed by atoms with E-state index in [4.69, 9.17) is 4.99 Å². The molecular formula is C17H21N. The number of nitrogens with zero attached hydrogens (tertiary/aromatic N) is 1. The maximum atomic E-state index is 4.69. The Balaban J connectivity index is 2.38. The third kappa shape index (κ3) is 2.79. The first-order valence-electron chi connectivity index (χ1n) is 6.65. The minimum atomic E-state index is 0.547. The van der Waals surface area contributed by atoms with Crippen LogP contribution in [0.2, 0.25) is 0 Å². The van der Waals surface area contributed by atoms with Crippen molar-refractivity contribution in [1.29, 1.82) is 0 Å². The van der Waals surface area contributed by atoms with Gasteiger partial charge in [-0.3, -0.25) is 4.99 Å². The summed E-state index contributed by atoms with van der Waals surface area (Å²) in [6.07, 6.45) is 7.74. The summed E-state index contributed by atoms with van der Waals surface area (Å²) in [6.45, 7) is 8.55. The minimum Gasteiger partial charge on any atom is -0.258 e. The molecule has 1 aliphatic carbocycles. The Hall–Kier alpha value is -1.63. The van der Waals surface area contributed by atoms with Crippen LogP contribution in [0.5, 0.6) is 0 Å². The Kier molecular flexibility index (Phi) is 3.81. The summed E-state index contributed by atoms with van der Waals surface area (Å²) < 4.78 is 0. The number of aliphatic imine (C=N–C) groups is 1. The van der Waals surface area contributed by atoms with Gasteiger partial charge in [0.1, 0.15) is 0 Å². The summed E-state index contributed by atoms with van der Waals surface area (Å²) in [5, 5.41) is 0. The molecule has 1 nitrogen and oxygen atoms in total. The van der Waals surface area contributed by atoms with E-state index in [-0.39, 0.29) is 0 Å². The van der Waals surface area contributed by atoms with E-state index in [9.17, 15) is 0 Å². The molecule has 2 rings (SSSR count). The number of benzene rings is 1. The number of hydrogen-bond donors (Lipinski definition) is 0. The molecule has 0 amide bonds. The molecule has 1 atom stereocenters. The molecule has 0 aliphatic heterocycles. The molecule has 94 valence electrons. The molecule has 1 aromatic carbocycles. The van der Waals surface area contributed by atoms with Gasteiger partial charge < -0.3 is 0 Å². The first kappa shape index (κ1) is 12.8. The summed E-state index contributed by atoms with van der Waals surface area (Å²) in [4.78, 5) is 4.69. The van der Waals surface area contributed by atoms with Crippen LogP contribution in [-0.2, 0) is 0 Å². The highest BCUT2D eigenvalue weighted by Crippen LogP contribution is 2.29. The smallest absolute Gasteiger partial charge is 0.0664 e. The Labute approximate surface area is 110 Å². The fourth-order valence-corrected chi connectivity index (χ4v) is 2.04.